The van der Waals surface area contributed by atoms with Gasteiger partial charge in [0.2, 0.25) is 5.91 Å². The largest absolute Gasteiger partial charge is 0.497 e. The molecule has 7 heteroatoms. The van der Waals surface area contributed by atoms with Crippen molar-refractivity contribution in [2.75, 3.05) is 30.0 Å². The number of amides is 2. The van der Waals surface area contributed by atoms with Crippen LogP contribution in [0.3, 0.4) is 0 Å². The first-order valence-corrected chi connectivity index (χ1v) is 10.6. The molecule has 1 aromatic heterocycles. The van der Waals surface area contributed by atoms with Gasteiger partial charge in [-0.15, -0.1) is 0 Å². The number of hydrogen-bond donors (Lipinski definition) is 0. The van der Waals surface area contributed by atoms with Crippen molar-refractivity contribution in [1.82, 2.24) is 9.78 Å². The minimum atomic E-state index is -0.0728. The number of carbonyl (C=O) groups excluding carboxylic acids is 2. The van der Waals surface area contributed by atoms with Gasteiger partial charge in [0.05, 0.1) is 19.0 Å². The van der Waals surface area contributed by atoms with E-state index in [0.717, 1.165) is 54.2 Å². The number of rotatable bonds is 4. The lowest BCUT2D eigenvalue weighted by Gasteiger charge is -2.29. The lowest BCUT2D eigenvalue weighted by molar-refractivity contribution is -0.119. The number of piperidine rings is 1. The molecule has 0 spiro atoms. The third-order valence-corrected chi connectivity index (χ3v) is 6.01. The number of carbonyl (C=O) groups is 2. The number of anilines is 2. The molecule has 0 saturated carbocycles. The van der Waals surface area contributed by atoms with Gasteiger partial charge in [-0.05, 0) is 67.8 Å². The normalized spacial score (nSPS) is 16.4. The van der Waals surface area contributed by atoms with Gasteiger partial charge in [0.15, 0.2) is 0 Å². The van der Waals surface area contributed by atoms with E-state index in [0.29, 0.717) is 18.7 Å². The molecular formula is C24H24N4O3. The van der Waals surface area contributed by atoms with Gasteiger partial charge < -0.3 is 14.5 Å². The van der Waals surface area contributed by atoms with E-state index in [2.05, 4.69) is 5.10 Å². The molecule has 2 aromatic carbocycles. The number of aromatic nitrogens is 2. The smallest absolute Gasteiger partial charge is 0.277 e. The van der Waals surface area contributed by atoms with E-state index in [-0.39, 0.29) is 11.8 Å². The highest BCUT2D eigenvalue weighted by atomic mass is 16.5. The van der Waals surface area contributed by atoms with Gasteiger partial charge in [-0.25, -0.2) is 4.68 Å². The Balaban J connectivity index is 1.42. The number of fused-ring (bicyclic) bond motifs is 1. The zero-order valence-corrected chi connectivity index (χ0v) is 17.5. The predicted octanol–water partition coefficient (Wildman–Crippen LogP) is 3.60. The quantitative estimate of drug-likeness (QED) is 0.652. The van der Waals surface area contributed by atoms with E-state index in [4.69, 9.17) is 4.74 Å². The van der Waals surface area contributed by atoms with Crippen LogP contribution in [0.4, 0.5) is 11.4 Å². The second-order valence-electron chi connectivity index (χ2n) is 7.85. The first-order chi connectivity index (χ1) is 15.2. The van der Waals surface area contributed by atoms with Gasteiger partial charge in [0.1, 0.15) is 11.4 Å². The summed E-state index contributed by atoms with van der Waals surface area (Å²) in [6.45, 7) is 1.35. The number of nitrogens with zero attached hydrogens (tertiary/aromatic N) is 4. The van der Waals surface area contributed by atoms with Gasteiger partial charge in [-0.3, -0.25) is 9.59 Å². The molecule has 0 aliphatic carbocycles. The van der Waals surface area contributed by atoms with Crippen molar-refractivity contribution in [3.63, 3.8) is 0 Å². The highest BCUT2D eigenvalue weighted by Gasteiger charge is 2.30. The van der Waals surface area contributed by atoms with Crippen LogP contribution in [0.15, 0.2) is 54.7 Å². The van der Waals surface area contributed by atoms with Gasteiger partial charge in [-0.1, -0.05) is 0 Å². The van der Waals surface area contributed by atoms with Crippen molar-refractivity contribution in [2.24, 2.45) is 0 Å². The molecule has 2 amide bonds. The van der Waals surface area contributed by atoms with Crippen molar-refractivity contribution >= 4 is 23.2 Å². The molecule has 0 unspecified atom stereocenters. The molecule has 5 rings (SSSR count). The second-order valence-corrected chi connectivity index (χ2v) is 7.85. The topological polar surface area (TPSA) is 67.7 Å². The minimum absolute atomic E-state index is 0.0728. The lowest BCUT2D eigenvalue weighted by atomic mass is 10.1. The first-order valence-electron chi connectivity index (χ1n) is 10.6. The van der Waals surface area contributed by atoms with Crippen molar-refractivity contribution in [1.29, 1.82) is 0 Å². The fourth-order valence-corrected chi connectivity index (χ4v) is 4.31. The summed E-state index contributed by atoms with van der Waals surface area (Å²) in [6, 6.07) is 15.2. The van der Waals surface area contributed by atoms with Crippen molar-refractivity contribution in [3.05, 3.63) is 66.0 Å². The number of ether oxygens (including phenoxy) is 1. The molecule has 2 aliphatic rings. The second kappa shape index (κ2) is 7.91. The summed E-state index contributed by atoms with van der Waals surface area (Å²) in [4.78, 5) is 29.2. The zero-order chi connectivity index (χ0) is 21.4. The van der Waals surface area contributed by atoms with E-state index in [1.54, 1.807) is 22.9 Å². The standard InChI is InChI=1S/C24H24N4O3/c1-31-21-11-9-20(10-12-21)28-23-17(16-25-28)13-15-27(24(23)30)19-7-5-18(6-8-19)26-14-3-2-4-22(26)29/h5-12,16H,2-4,13-15H2,1H3. The molecule has 3 aromatic rings. The van der Waals surface area contributed by atoms with Crippen LogP contribution >= 0.6 is 0 Å². The fourth-order valence-electron chi connectivity index (χ4n) is 4.31. The Morgan fingerprint density at radius 1 is 0.806 bits per heavy atom. The summed E-state index contributed by atoms with van der Waals surface area (Å²) < 4.78 is 6.92. The van der Waals surface area contributed by atoms with Crippen LogP contribution in [0.2, 0.25) is 0 Å². The SMILES string of the molecule is COc1ccc(-n2ncc3c2C(=O)N(c2ccc(N4CCCCC4=O)cc2)CC3)cc1. The van der Waals surface area contributed by atoms with Crippen LogP contribution in [-0.2, 0) is 11.2 Å². The van der Waals surface area contributed by atoms with Crippen LogP contribution in [0.5, 0.6) is 5.75 Å². The summed E-state index contributed by atoms with van der Waals surface area (Å²) in [5.74, 6) is 0.849. The molecular weight excluding hydrogens is 392 g/mol. The van der Waals surface area contributed by atoms with Crippen LogP contribution in [0.1, 0.15) is 35.3 Å². The summed E-state index contributed by atoms with van der Waals surface area (Å²) >= 11 is 0. The van der Waals surface area contributed by atoms with Crippen LogP contribution in [0, 0.1) is 0 Å². The Kier molecular flexibility index (Phi) is 4.94. The first kappa shape index (κ1) is 19.4. The molecule has 0 bridgehead atoms. The predicted molar refractivity (Wildman–Crippen MR) is 118 cm³/mol. The number of benzene rings is 2. The summed E-state index contributed by atoms with van der Waals surface area (Å²) in [5.41, 5.74) is 4.07. The Hall–Kier alpha value is -3.61. The summed E-state index contributed by atoms with van der Waals surface area (Å²) in [6.07, 6.45) is 5.10. The highest BCUT2D eigenvalue weighted by Crippen LogP contribution is 2.29. The molecule has 31 heavy (non-hydrogen) atoms. The number of hydrogen-bond acceptors (Lipinski definition) is 4. The van der Waals surface area contributed by atoms with Crippen LogP contribution < -0.4 is 14.5 Å². The summed E-state index contributed by atoms with van der Waals surface area (Å²) in [5, 5.41) is 4.47. The molecule has 1 fully saturated rings. The van der Waals surface area contributed by atoms with E-state index in [9.17, 15) is 9.59 Å². The maximum absolute atomic E-state index is 13.4. The van der Waals surface area contributed by atoms with Gasteiger partial charge >= 0.3 is 0 Å². The average Bonchev–Trinajstić information content (AvgIpc) is 3.25. The fraction of sp³-hybridized carbons (Fsp3) is 0.292. The third kappa shape index (κ3) is 3.46. The average molecular weight is 416 g/mol. The van der Waals surface area contributed by atoms with Crippen molar-refractivity contribution < 1.29 is 14.3 Å². The number of methoxy groups -OCH3 is 1. The molecule has 1 saturated heterocycles. The lowest BCUT2D eigenvalue weighted by Crippen LogP contribution is -2.39. The van der Waals surface area contributed by atoms with Crippen molar-refractivity contribution in [2.45, 2.75) is 25.7 Å². The maximum atomic E-state index is 13.4. The maximum Gasteiger partial charge on any atom is 0.277 e. The Morgan fingerprint density at radius 2 is 1.48 bits per heavy atom. The zero-order valence-electron chi connectivity index (χ0n) is 17.5. The van der Waals surface area contributed by atoms with Gasteiger partial charge in [0.25, 0.3) is 5.91 Å². The molecule has 7 nitrogen and oxygen atoms in total. The Bertz CT molecular complexity index is 1120. The van der Waals surface area contributed by atoms with E-state index in [1.807, 2.05) is 53.4 Å². The van der Waals surface area contributed by atoms with Crippen LogP contribution in [0.25, 0.3) is 5.69 Å². The van der Waals surface area contributed by atoms with E-state index >= 15 is 0 Å². The molecule has 158 valence electrons. The molecule has 0 N–H and O–H groups in total. The Morgan fingerprint density at radius 3 is 2.16 bits per heavy atom. The molecule has 0 atom stereocenters. The van der Waals surface area contributed by atoms with Crippen molar-refractivity contribution in [3.8, 4) is 11.4 Å². The minimum Gasteiger partial charge on any atom is -0.497 e. The molecule has 0 radical (unpaired) electrons. The molecule has 2 aliphatic heterocycles. The summed E-state index contributed by atoms with van der Waals surface area (Å²) in [7, 11) is 1.62. The van der Waals surface area contributed by atoms with Gasteiger partial charge in [0, 0.05) is 36.4 Å². The van der Waals surface area contributed by atoms with E-state index < -0.39 is 0 Å². The van der Waals surface area contributed by atoms with E-state index in [1.165, 1.54) is 0 Å². The highest BCUT2D eigenvalue weighted by molar-refractivity contribution is 6.07. The van der Waals surface area contributed by atoms with Crippen LogP contribution in [-0.4, -0.2) is 41.8 Å². The third-order valence-electron chi connectivity index (χ3n) is 6.01. The Labute approximate surface area is 180 Å². The molecule has 3 heterocycles. The monoisotopic (exact) mass is 416 g/mol. The van der Waals surface area contributed by atoms with Gasteiger partial charge in [-0.2, -0.15) is 5.10 Å².